The summed E-state index contributed by atoms with van der Waals surface area (Å²) >= 11 is 0. The van der Waals surface area contributed by atoms with E-state index < -0.39 is 0 Å². The van der Waals surface area contributed by atoms with Gasteiger partial charge in [0.25, 0.3) is 0 Å². The van der Waals surface area contributed by atoms with Crippen molar-refractivity contribution in [2.75, 3.05) is 12.4 Å². The van der Waals surface area contributed by atoms with Crippen LogP contribution in [0.1, 0.15) is 12.5 Å². The fraction of sp³-hybridized carbons (Fsp3) is 0.188. The van der Waals surface area contributed by atoms with Gasteiger partial charge in [-0.25, -0.2) is 9.97 Å². The number of aromatic nitrogens is 3. The molecule has 0 amide bonds. The van der Waals surface area contributed by atoms with E-state index in [-0.39, 0.29) is 0 Å². The molecule has 4 heteroatoms. The van der Waals surface area contributed by atoms with Crippen LogP contribution in [-0.4, -0.2) is 22.0 Å². The molecule has 0 atom stereocenters. The predicted molar refractivity (Wildman–Crippen MR) is 81.7 cm³/mol. The summed E-state index contributed by atoms with van der Waals surface area (Å²) < 4.78 is 0. The molecule has 0 radical (unpaired) electrons. The first-order valence-corrected chi connectivity index (χ1v) is 6.70. The largest absolute Gasteiger partial charge is 0.373 e. The van der Waals surface area contributed by atoms with Gasteiger partial charge in [0, 0.05) is 29.8 Å². The molecule has 0 fully saturated rings. The zero-order valence-corrected chi connectivity index (χ0v) is 11.6. The van der Waals surface area contributed by atoms with E-state index in [1.165, 1.54) is 0 Å². The van der Waals surface area contributed by atoms with Crippen LogP contribution >= 0.6 is 0 Å². The van der Waals surface area contributed by atoms with Gasteiger partial charge in [-0.1, -0.05) is 25.1 Å². The molecule has 0 unspecified atom stereocenters. The third-order valence-electron chi connectivity index (χ3n) is 3.42. The van der Waals surface area contributed by atoms with E-state index in [4.69, 9.17) is 0 Å². The van der Waals surface area contributed by atoms with Crippen LogP contribution in [0.3, 0.4) is 0 Å². The topological polar surface area (TPSA) is 50.7 Å². The number of fused-ring (bicyclic) bond motifs is 1. The fourth-order valence-electron chi connectivity index (χ4n) is 2.43. The van der Waals surface area contributed by atoms with Crippen LogP contribution in [0, 0.1) is 0 Å². The molecule has 1 aromatic carbocycles. The second kappa shape index (κ2) is 5.25. The molecule has 0 saturated carbocycles. The van der Waals surface area contributed by atoms with Crippen molar-refractivity contribution in [1.29, 1.82) is 0 Å². The summed E-state index contributed by atoms with van der Waals surface area (Å²) in [5, 5.41) is 4.26. The molecular formula is C16H16N4. The first-order valence-electron chi connectivity index (χ1n) is 6.70. The Bertz CT molecular complexity index is 752. The van der Waals surface area contributed by atoms with E-state index in [9.17, 15) is 0 Å². The minimum Gasteiger partial charge on any atom is -0.373 e. The monoisotopic (exact) mass is 264 g/mol. The maximum atomic E-state index is 4.46. The van der Waals surface area contributed by atoms with Gasteiger partial charge < -0.3 is 5.32 Å². The number of hydrogen-bond acceptors (Lipinski definition) is 4. The molecule has 1 N–H and O–H groups in total. The first-order chi connectivity index (χ1) is 9.83. The Balaban J connectivity index is 2.20. The number of nitrogens with zero attached hydrogens (tertiary/aromatic N) is 3. The van der Waals surface area contributed by atoms with Gasteiger partial charge in [0.1, 0.15) is 12.1 Å². The third-order valence-corrected chi connectivity index (χ3v) is 3.42. The number of anilines is 1. The van der Waals surface area contributed by atoms with Gasteiger partial charge in [0.15, 0.2) is 0 Å². The Hall–Kier alpha value is -2.49. The van der Waals surface area contributed by atoms with Crippen LogP contribution in [0.5, 0.6) is 0 Å². The van der Waals surface area contributed by atoms with Crippen molar-refractivity contribution in [1.82, 2.24) is 15.0 Å². The molecule has 0 saturated heterocycles. The quantitative estimate of drug-likeness (QED) is 0.788. The normalized spacial score (nSPS) is 10.7. The van der Waals surface area contributed by atoms with Crippen LogP contribution in [0.15, 0.2) is 42.9 Å². The second-order valence-corrected chi connectivity index (χ2v) is 4.56. The van der Waals surface area contributed by atoms with Gasteiger partial charge in [-0.2, -0.15) is 0 Å². The molecule has 0 aliphatic heterocycles. The summed E-state index contributed by atoms with van der Waals surface area (Å²) in [5.41, 5.74) is 4.16. The summed E-state index contributed by atoms with van der Waals surface area (Å²) in [5.74, 6) is 0.888. The molecule has 3 rings (SSSR count). The lowest BCUT2D eigenvalue weighted by Gasteiger charge is -2.11. The third kappa shape index (κ3) is 2.09. The summed E-state index contributed by atoms with van der Waals surface area (Å²) in [6.45, 7) is 2.11. The van der Waals surface area contributed by atoms with Gasteiger partial charge in [0.2, 0.25) is 0 Å². The molecule has 4 nitrogen and oxygen atoms in total. The summed E-state index contributed by atoms with van der Waals surface area (Å²) in [7, 11) is 1.88. The SMILES string of the molecule is CCc1c(NC)ncnc1-c1ccc2cccnc2c1. The molecule has 20 heavy (non-hydrogen) atoms. The highest BCUT2D eigenvalue weighted by Crippen LogP contribution is 2.27. The van der Waals surface area contributed by atoms with Crippen LogP contribution in [0.25, 0.3) is 22.2 Å². The Labute approximate surface area is 117 Å². The van der Waals surface area contributed by atoms with Crippen molar-refractivity contribution in [2.24, 2.45) is 0 Å². The van der Waals surface area contributed by atoms with Crippen molar-refractivity contribution >= 4 is 16.7 Å². The van der Waals surface area contributed by atoms with Gasteiger partial charge in [-0.15, -0.1) is 0 Å². The minimum absolute atomic E-state index is 0.882. The minimum atomic E-state index is 0.882. The van der Waals surface area contributed by atoms with E-state index in [0.717, 1.165) is 40.0 Å². The lowest BCUT2D eigenvalue weighted by molar-refractivity contribution is 1.05. The Morgan fingerprint density at radius 2 is 2.00 bits per heavy atom. The van der Waals surface area contributed by atoms with Gasteiger partial charge >= 0.3 is 0 Å². The Morgan fingerprint density at radius 3 is 2.80 bits per heavy atom. The number of benzene rings is 1. The van der Waals surface area contributed by atoms with Crippen LogP contribution in [-0.2, 0) is 6.42 Å². The van der Waals surface area contributed by atoms with Crippen molar-refractivity contribution in [2.45, 2.75) is 13.3 Å². The van der Waals surface area contributed by atoms with E-state index >= 15 is 0 Å². The smallest absolute Gasteiger partial charge is 0.132 e. The molecule has 3 aromatic rings. The number of rotatable bonds is 3. The van der Waals surface area contributed by atoms with Crippen LogP contribution in [0.4, 0.5) is 5.82 Å². The Kier molecular flexibility index (Phi) is 3.29. The maximum absolute atomic E-state index is 4.46. The zero-order chi connectivity index (χ0) is 13.9. The Morgan fingerprint density at radius 1 is 1.10 bits per heavy atom. The molecular weight excluding hydrogens is 248 g/mol. The average Bonchev–Trinajstić information content (AvgIpc) is 2.53. The highest BCUT2D eigenvalue weighted by molar-refractivity contribution is 5.84. The van der Waals surface area contributed by atoms with Gasteiger partial charge in [-0.05, 0) is 18.6 Å². The summed E-state index contributed by atoms with van der Waals surface area (Å²) in [4.78, 5) is 13.1. The highest BCUT2D eigenvalue weighted by Gasteiger charge is 2.11. The number of nitrogens with one attached hydrogen (secondary N) is 1. The molecule has 100 valence electrons. The lowest BCUT2D eigenvalue weighted by atomic mass is 10.0. The molecule has 0 bridgehead atoms. The van der Waals surface area contributed by atoms with Crippen molar-refractivity contribution in [3.8, 4) is 11.3 Å². The highest BCUT2D eigenvalue weighted by atomic mass is 15.0. The van der Waals surface area contributed by atoms with E-state index in [0.29, 0.717) is 0 Å². The van der Waals surface area contributed by atoms with Crippen molar-refractivity contribution in [3.63, 3.8) is 0 Å². The summed E-state index contributed by atoms with van der Waals surface area (Å²) in [6.07, 6.45) is 4.29. The zero-order valence-electron chi connectivity index (χ0n) is 11.6. The van der Waals surface area contributed by atoms with Crippen molar-refractivity contribution in [3.05, 3.63) is 48.4 Å². The standard InChI is InChI=1S/C16H16N4/c1-3-13-15(19-10-20-16(13)17-2)12-7-6-11-5-4-8-18-14(11)9-12/h4-10H,3H2,1-2H3,(H,17,19,20). The number of pyridine rings is 1. The molecule has 0 aliphatic rings. The lowest BCUT2D eigenvalue weighted by Crippen LogP contribution is -2.02. The molecule has 2 heterocycles. The van der Waals surface area contributed by atoms with E-state index in [2.05, 4.69) is 51.5 Å². The average molecular weight is 264 g/mol. The molecule has 0 aliphatic carbocycles. The van der Waals surface area contributed by atoms with Crippen molar-refractivity contribution < 1.29 is 0 Å². The molecule has 0 spiro atoms. The fourth-order valence-corrected chi connectivity index (χ4v) is 2.43. The number of hydrogen-bond donors (Lipinski definition) is 1. The first kappa shape index (κ1) is 12.5. The van der Waals surface area contributed by atoms with Gasteiger partial charge in [0.05, 0.1) is 11.2 Å². The maximum Gasteiger partial charge on any atom is 0.132 e. The predicted octanol–water partition coefficient (Wildman–Crippen LogP) is 3.30. The summed E-state index contributed by atoms with van der Waals surface area (Å²) in [6, 6.07) is 10.3. The van der Waals surface area contributed by atoms with E-state index in [1.807, 2.05) is 19.3 Å². The van der Waals surface area contributed by atoms with Crippen LogP contribution < -0.4 is 5.32 Å². The molecule has 2 aromatic heterocycles. The second-order valence-electron chi connectivity index (χ2n) is 4.56. The van der Waals surface area contributed by atoms with Crippen LogP contribution in [0.2, 0.25) is 0 Å². The van der Waals surface area contributed by atoms with E-state index in [1.54, 1.807) is 6.33 Å². The van der Waals surface area contributed by atoms with Gasteiger partial charge in [-0.3, -0.25) is 4.98 Å².